The van der Waals surface area contributed by atoms with Gasteiger partial charge in [0.2, 0.25) is 0 Å². The van der Waals surface area contributed by atoms with Crippen molar-refractivity contribution in [1.82, 2.24) is 14.9 Å². The third-order valence-electron chi connectivity index (χ3n) is 2.04. The van der Waals surface area contributed by atoms with Crippen LogP contribution in [-0.4, -0.2) is 45.6 Å². The van der Waals surface area contributed by atoms with E-state index in [1.54, 1.807) is 18.9 Å². The van der Waals surface area contributed by atoms with Crippen molar-refractivity contribution in [3.8, 4) is 0 Å². The highest BCUT2D eigenvalue weighted by Crippen LogP contribution is 2.01. The number of aliphatic hydroxyl groups excluding tert-OH is 1. The summed E-state index contributed by atoms with van der Waals surface area (Å²) < 4.78 is 0. The van der Waals surface area contributed by atoms with Crippen molar-refractivity contribution >= 4 is 5.91 Å². The zero-order chi connectivity index (χ0) is 11.3. The van der Waals surface area contributed by atoms with E-state index in [9.17, 15) is 4.79 Å². The summed E-state index contributed by atoms with van der Waals surface area (Å²) >= 11 is 0. The SMILES string of the molecule is CC(O)CCN(C)C(=O)c1cncnc1. The van der Waals surface area contributed by atoms with Crippen LogP contribution in [0.3, 0.4) is 0 Å². The molecule has 0 spiro atoms. The zero-order valence-electron chi connectivity index (χ0n) is 8.92. The number of carbonyl (C=O) groups excluding carboxylic acids is 1. The van der Waals surface area contributed by atoms with Gasteiger partial charge in [-0.15, -0.1) is 0 Å². The van der Waals surface area contributed by atoms with Crippen molar-refractivity contribution in [3.63, 3.8) is 0 Å². The standard InChI is InChI=1S/C10H15N3O2/c1-8(14)3-4-13(2)10(15)9-5-11-7-12-6-9/h5-8,14H,3-4H2,1-2H3. The molecule has 15 heavy (non-hydrogen) atoms. The molecule has 1 amide bonds. The van der Waals surface area contributed by atoms with Crippen molar-refractivity contribution in [3.05, 3.63) is 24.3 Å². The van der Waals surface area contributed by atoms with Gasteiger partial charge < -0.3 is 10.0 Å². The van der Waals surface area contributed by atoms with E-state index in [0.717, 1.165) is 0 Å². The molecule has 5 nitrogen and oxygen atoms in total. The Morgan fingerprint density at radius 3 is 2.67 bits per heavy atom. The lowest BCUT2D eigenvalue weighted by Gasteiger charge is -2.17. The molecule has 0 radical (unpaired) electrons. The fourth-order valence-corrected chi connectivity index (χ4v) is 1.11. The topological polar surface area (TPSA) is 66.3 Å². The van der Waals surface area contributed by atoms with Crippen LogP contribution in [0.25, 0.3) is 0 Å². The van der Waals surface area contributed by atoms with Gasteiger partial charge in [-0.2, -0.15) is 0 Å². The van der Waals surface area contributed by atoms with Crippen LogP contribution in [0.1, 0.15) is 23.7 Å². The summed E-state index contributed by atoms with van der Waals surface area (Å²) in [6.45, 7) is 2.22. The van der Waals surface area contributed by atoms with Crippen LogP contribution in [0, 0.1) is 0 Å². The molecule has 1 unspecified atom stereocenters. The van der Waals surface area contributed by atoms with Gasteiger partial charge in [-0.05, 0) is 13.3 Å². The molecule has 1 aromatic heterocycles. The summed E-state index contributed by atoms with van der Waals surface area (Å²) in [5.41, 5.74) is 0.464. The Hall–Kier alpha value is -1.49. The highest BCUT2D eigenvalue weighted by Gasteiger charge is 2.12. The highest BCUT2D eigenvalue weighted by atomic mass is 16.3. The Labute approximate surface area is 88.8 Å². The smallest absolute Gasteiger partial charge is 0.256 e. The number of hydrogen-bond acceptors (Lipinski definition) is 4. The maximum Gasteiger partial charge on any atom is 0.256 e. The first-order valence-electron chi connectivity index (χ1n) is 4.80. The monoisotopic (exact) mass is 209 g/mol. The minimum atomic E-state index is -0.396. The lowest BCUT2D eigenvalue weighted by atomic mass is 10.2. The van der Waals surface area contributed by atoms with Crippen LogP contribution in [0.5, 0.6) is 0 Å². The minimum absolute atomic E-state index is 0.128. The van der Waals surface area contributed by atoms with Gasteiger partial charge in [-0.3, -0.25) is 4.79 Å². The van der Waals surface area contributed by atoms with Gasteiger partial charge in [-0.1, -0.05) is 0 Å². The Morgan fingerprint density at radius 1 is 1.53 bits per heavy atom. The maximum absolute atomic E-state index is 11.7. The van der Waals surface area contributed by atoms with Crippen LogP contribution in [0.4, 0.5) is 0 Å². The molecule has 5 heteroatoms. The number of aromatic nitrogens is 2. The average molecular weight is 209 g/mol. The van der Waals surface area contributed by atoms with E-state index in [0.29, 0.717) is 18.5 Å². The third-order valence-corrected chi connectivity index (χ3v) is 2.04. The average Bonchev–Trinajstić information content (AvgIpc) is 2.26. The molecule has 0 aliphatic carbocycles. The second-order valence-corrected chi connectivity index (χ2v) is 3.49. The van der Waals surface area contributed by atoms with Gasteiger partial charge in [0.1, 0.15) is 6.33 Å². The molecule has 1 aromatic rings. The van der Waals surface area contributed by atoms with E-state index in [1.807, 2.05) is 0 Å². The summed E-state index contributed by atoms with van der Waals surface area (Å²) in [6.07, 6.45) is 4.51. The van der Waals surface area contributed by atoms with Gasteiger partial charge in [0.05, 0.1) is 11.7 Å². The normalized spacial score (nSPS) is 12.2. The first-order chi connectivity index (χ1) is 7.11. The molecule has 0 aromatic carbocycles. The van der Waals surface area contributed by atoms with Crippen LogP contribution < -0.4 is 0 Å². The number of amides is 1. The Balaban J connectivity index is 2.54. The molecule has 1 atom stereocenters. The maximum atomic E-state index is 11.7. The number of aliphatic hydroxyl groups is 1. The van der Waals surface area contributed by atoms with E-state index >= 15 is 0 Å². The molecule has 0 aliphatic heterocycles. The summed E-state index contributed by atoms with van der Waals surface area (Å²) in [5.74, 6) is -0.128. The molecule has 0 bridgehead atoms. The first-order valence-corrected chi connectivity index (χ1v) is 4.80. The Morgan fingerprint density at radius 2 is 2.13 bits per heavy atom. The quantitative estimate of drug-likeness (QED) is 0.775. The molecule has 82 valence electrons. The van der Waals surface area contributed by atoms with Gasteiger partial charge in [0.15, 0.2) is 0 Å². The predicted molar refractivity (Wildman–Crippen MR) is 55.3 cm³/mol. The Bertz CT molecular complexity index is 314. The second-order valence-electron chi connectivity index (χ2n) is 3.49. The lowest BCUT2D eigenvalue weighted by molar-refractivity contribution is 0.0768. The van der Waals surface area contributed by atoms with Crippen molar-refractivity contribution < 1.29 is 9.90 Å². The summed E-state index contributed by atoms with van der Waals surface area (Å²) in [6, 6.07) is 0. The number of nitrogens with zero attached hydrogens (tertiary/aromatic N) is 3. The summed E-state index contributed by atoms with van der Waals surface area (Å²) in [7, 11) is 1.69. The Kier molecular flexibility index (Phi) is 4.17. The van der Waals surface area contributed by atoms with E-state index in [2.05, 4.69) is 9.97 Å². The molecule has 0 saturated carbocycles. The highest BCUT2D eigenvalue weighted by molar-refractivity contribution is 5.93. The minimum Gasteiger partial charge on any atom is -0.393 e. The molecule has 0 fully saturated rings. The molecule has 1 heterocycles. The summed E-state index contributed by atoms with van der Waals surface area (Å²) in [5, 5.41) is 9.09. The zero-order valence-corrected chi connectivity index (χ0v) is 8.92. The molecular formula is C10H15N3O2. The molecule has 0 aliphatic rings. The van der Waals surface area contributed by atoms with Crippen LogP contribution in [-0.2, 0) is 0 Å². The van der Waals surface area contributed by atoms with Crippen molar-refractivity contribution in [2.45, 2.75) is 19.4 Å². The molecular weight excluding hydrogens is 194 g/mol. The first kappa shape index (κ1) is 11.6. The third kappa shape index (κ3) is 3.63. The molecule has 1 N–H and O–H groups in total. The lowest BCUT2D eigenvalue weighted by Crippen LogP contribution is -2.29. The van der Waals surface area contributed by atoms with Crippen LogP contribution in [0.2, 0.25) is 0 Å². The van der Waals surface area contributed by atoms with E-state index < -0.39 is 6.10 Å². The van der Waals surface area contributed by atoms with Crippen molar-refractivity contribution in [2.75, 3.05) is 13.6 Å². The number of rotatable bonds is 4. The van der Waals surface area contributed by atoms with Gasteiger partial charge in [0.25, 0.3) is 5.91 Å². The van der Waals surface area contributed by atoms with Crippen molar-refractivity contribution in [1.29, 1.82) is 0 Å². The van der Waals surface area contributed by atoms with Gasteiger partial charge >= 0.3 is 0 Å². The molecule has 0 saturated heterocycles. The van der Waals surface area contributed by atoms with Crippen LogP contribution >= 0.6 is 0 Å². The van der Waals surface area contributed by atoms with Gasteiger partial charge in [-0.25, -0.2) is 9.97 Å². The van der Waals surface area contributed by atoms with Crippen LogP contribution in [0.15, 0.2) is 18.7 Å². The largest absolute Gasteiger partial charge is 0.393 e. The fraction of sp³-hybridized carbons (Fsp3) is 0.500. The summed E-state index contributed by atoms with van der Waals surface area (Å²) in [4.78, 5) is 20.8. The van der Waals surface area contributed by atoms with Crippen molar-refractivity contribution in [2.24, 2.45) is 0 Å². The van der Waals surface area contributed by atoms with E-state index in [-0.39, 0.29) is 5.91 Å². The molecule has 1 rings (SSSR count). The second kappa shape index (κ2) is 5.41. The predicted octanol–water partition coefficient (Wildman–Crippen LogP) is 0.319. The van der Waals surface area contributed by atoms with E-state index in [1.165, 1.54) is 18.7 Å². The number of hydrogen-bond donors (Lipinski definition) is 1. The fourth-order valence-electron chi connectivity index (χ4n) is 1.11. The van der Waals surface area contributed by atoms with Gasteiger partial charge in [0, 0.05) is 26.0 Å². The van der Waals surface area contributed by atoms with E-state index in [4.69, 9.17) is 5.11 Å². The number of carbonyl (C=O) groups is 1.